The first-order chi connectivity index (χ1) is 7.15. The molecule has 1 saturated heterocycles. The highest BCUT2D eigenvalue weighted by molar-refractivity contribution is 6.74. The molecule has 1 fully saturated rings. The average Bonchev–Trinajstić information content (AvgIpc) is 2.48. The maximum atomic E-state index is 11.4. The predicted molar refractivity (Wildman–Crippen MR) is 66.5 cm³/mol. The van der Waals surface area contributed by atoms with Gasteiger partial charge >= 0.3 is 5.97 Å². The van der Waals surface area contributed by atoms with Crippen LogP contribution in [0.3, 0.4) is 0 Å². The van der Waals surface area contributed by atoms with Crippen molar-refractivity contribution >= 4 is 14.3 Å². The molecule has 4 heteroatoms. The zero-order valence-corrected chi connectivity index (χ0v) is 11.9. The van der Waals surface area contributed by atoms with Crippen molar-refractivity contribution < 1.29 is 14.0 Å². The molecule has 0 radical (unpaired) electrons. The number of carbonyl (C=O) groups is 1. The van der Waals surface area contributed by atoms with Gasteiger partial charge in [-0.05, 0) is 18.1 Å². The SMILES string of the molecule is C=C(O[Si](C)(C)C(C)(C)C)[C@@H]1CCOC1=O. The summed E-state index contributed by atoms with van der Waals surface area (Å²) in [7, 11) is -1.87. The summed E-state index contributed by atoms with van der Waals surface area (Å²) in [4.78, 5) is 11.4. The third-order valence-electron chi connectivity index (χ3n) is 3.52. The van der Waals surface area contributed by atoms with Gasteiger partial charge in [0.1, 0.15) is 5.92 Å². The minimum atomic E-state index is -1.87. The highest BCUT2D eigenvalue weighted by Crippen LogP contribution is 2.39. The Labute approximate surface area is 99.0 Å². The smallest absolute Gasteiger partial charge is 0.316 e. The first kappa shape index (κ1) is 13.3. The van der Waals surface area contributed by atoms with Crippen molar-refractivity contribution in [1.29, 1.82) is 0 Å². The lowest BCUT2D eigenvalue weighted by atomic mass is 10.1. The molecule has 3 nitrogen and oxygen atoms in total. The van der Waals surface area contributed by atoms with Crippen LogP contribution in [0.4, 0.5) is 0 Å². The molecule has 1 atom stereocenters. The molecule has 0 saturated carbocycles. The average molecular weight is 242 g/mol. The van der Waals surface area contributed by atoms with Gasteiger partial charge in [-0.15, -0.1) is 0 Å². The molecule has 0 aromatic carbocycles. The Balaban J connectivity index is 2.67. The fourth-order valence-corrected chi connectivity index (χ4v) is 2.44. The standard InChI is InChI=1S/C12H22O3Si/c1-9(10-7-8-14-11(10)13)15-16(5,6)12(2,3)4/h10H,1,7-8H2,2-6H3/t10-/m0/s1. The van der Waals surface area contributed by atoms with Gasteiger partial charge in [-0.1, -0.05) is 27.4 Å². The molecule has 0 aromatic rings. The zero-order chi connectivity index (χ0) is 12.6. The summed E-state index contributed by atoms with van der Waals surface area (Å²) in [5.74, 6) is 0.145. The Kier molecular flexibility index (Phi) is 3.52. The van der Waals surface area contributed by atoms with Crippen molar-refractivity contribution in [3.8, 4) is 0 Å². The van der Waals surface area contributed by atoms with E-state index in [1.54, 1.807) is 0 Å². The topological polar surface area (TPSA) is 35.5 Å². The maximum Gasteiger partial charge on any atom is 0.316 e. The summed E-state index contributed by atoms with van der Waals surface area (Å²) in [5, 5.41) is 0.123. The van der Waals surface area contributed by atoms with E-state index in [1.807, 2.05) is 0 Å². The molecule has 0 unspecified atom stereocenters. The Morgan fingerprint density at radius 2 is 2.06 bits per heavy atom. The second kappa shape index (κ2) is 4.24. The molecule has 0 bridgehead atoms. The minimum Gasteiger partial charge on any atom is -0.546 e. The van der Waals surface area contributed by atoms with E-state index in [4.69, 9.17) is 9.16 Å². The van der Waals surface area contributed by atoms with Crippen LogP contribution in [0.1, 0.15) is 27.2 Å². The molecular formula is C12H22O3Si. The summed E-state index contributed by atoms with van der Waals surface area (Å²) in [6, 6.07) is 0. The highest BCUT2D eigenvalue weighted by atomic mass is 28.4. The molecule has 0 aromatic heterocycles. The molecule has 16 heavy (non-hydrogen) atoms. The highest BCUT2D eigenvalue weighted by Gasteiger charge is 2.41. The van der Waals surface area contributed by atoms with Gasteiger partial charge in [0.25, 0.3) is 0 Å². The van der Waals surface area contributed by atoms with Gasteiger partial charge in [0.05, 0.1) is 12.4 Å². The van der Waals surface area contributed by atoms with E-state index in [2.05, 4.69) is 40.4 Å². The monoisotopic (exact) mass is 242 g/mol. The third-order valence-corrected chi connectivity index (χ3v) is 7.90. The molecule has 1 aliphatic rings. The second-order valence-corrected chi connectivity index (χ2v) is 10.6. The Morgan fingerprint density at radius 1 is 1.50 bits per heavy atom. The third kappa shape index (κ3) is 2.67. The van der Waals surface area contributed by atoms with E-state index >= 15 is 0 Å². The second-order valence-electron chi connectivity index (χ2n) is 5.84. The number of ether oxygens (including phenoxy) is 1. The molecule has 92 valence electrons. The van der Waals surface area contributed by atoms with Crippen LogP contribution < -0.4 is 0 Å². The van der Waals surface area contributed by atoms with Gasteiger partial charge in [-0.3, -0.25) is 4.79 Å². The van der Waals surface area contributed by atoms with Crippen LogP contribution >= 0.6 is 0 Å². The van der Waals surface area contributed by atoms with E-state index < -0.39 is 8.32 Å². The lowest BCUT2D eigenvalue weighted by Crippen LogP contribution is -2.41. The van der Waals surface area contributed by atoms with E-state index in [-0.39, 0.29) is 16.9 Å². The van der Waals surface area contributed by atoms with Gasteiger partial charge in [0.2, 0.25) is 8.32 Å². The normalized spacial score (nSPS) is 21.8. The van der Waals surface area contributed by atoms with Gasteiger partial charge < -0.3 is 9.16 Å². The fourth-order valence-electron chi connectivity index (χ4n) is 1.34. The lowest BCUT2D eigenvalue weighted by Gasteiger charge is -2.37. The summed E-state index contributed by atoms with van der Waals surface area (Å²) < 4.78 is 10.9. The minimum absolute atomic E-state index is 0.123. The van der Waals surface area contributed by atoms with Crippen molar-refractivity contribution in [1.82, 2.24) is 0 Å². The maximum absolute atomic E-state index is 11.4. The van der Waals surface area contributed by atoms with Crippen molar-refractivity contribution in [2.75, 3.05) is 6.61 Å². The first-order valence-electron chi connectivity index (χ1n) is 5.69. The summed E-state index contributed by atoms with van der Waals surface area (Å²) in [6.45, 7) is 15.2. The number of carbonyl (C=O) groups excluding carboxylic acids is 1. The largest absolute Gasteiger partial charge is 0.546 e. The number of esters is 1. The van der Waals surface area contributed by atoms with Gasteiger partial charge in [-0.25, -0.2) is 0 Å². The fraction of sp³-hybridized carbons (Fsp3) is 0.750. The molecule has 1 heterocycles. The number of cyclic esters (lactones) is 1. The molecule has 1 aliphatic heterocycles. The molecule has 0 aliphatic carbocycles. The van der Waals surface area contributed by atoms with E-state index in [1.165, 1.54) is 0 Å². The number of hydrogen-bond acceptors (Lipinski definition) is 3. The van der Waals surface area contributed by atoms with Gasteiger partial charge in [0, 0.05) is 6.42 Å². The Hall–Kier alpha value is -0.773. The van der Waals surface area contributed by atoms with Crippen LogP contribution in [0, 0.1) is 5.92 Å². The molecule has 1 rings (SSSR count). The summed E-state index contributed by atoms with van der Waals surface area (Å²) in [5.41, 5.74) is 0. The molecule has 0 amide bonds. The molecular weight excluding hydrogens is 220 g/mol. The van der Waals surface area contributed by atoms with Crippen molar-refractivity contribution in [3.05, 3.63) is 12.3 Å². The van der Waals surface area contributed by atoms with Gasteiger partial charge in [0.15, 0.2) is 0 Å². The Bertz CT molecular complexity index is 302. The number of hydrogen-bond donors (Lipinski definition) is 0. The zero-order valence-electron chi connectivity index (χ0n) is 10.9. The van der Waals surface area contributed by atoms with Crippen LogP contribution in [0.15, 0.2) is 12.3 Å². The first-order valence-corrected chi connectivity index (χ1v) is 8.60. The van der Waals surface area contributed by atoms with Crippen LogP contribution in [0.2, 0.25) is 18.1 Å². The summed E-state index contributed by atoms with van der Waals surface area (Å²) >= 11 is 0. The van der Waals surface area contributed by atoms with E-state index in [9.17, 15) is 4.79 Å². The number of rotatable bonds is 3. The van der Waals surface area contributed by atoms with Gasteiger partial charge in [-0.2, -0.15) is 0 Å². The van der Waals surface area contributed by atoms with Crippen LogP contribution in [-0.4, -0.2) is 20.9 Å². The van der Waals surface area contributed by atoms with Crippen LogP contribution in [0.25, 0.3) is 0 Å². The van der Waals surface area contributed by atoms with Crippen LogP contribution in [-0.2, 0) is 14.0 Å². The van der Waals surface area contributed by atoms with Crippen molar-refractivity contribution in [3.63, 3.8) is 0 Å². The molecule has 0 spiro atoms. The van der Waals surface area contributed by atoms with E-state index in [0.29, 0.717) is 18.8 Å². The van der Waals surface area contributed by atoms with Crippen molar-refractivity contribution in [2.45, 2.75) is 45.3 Å². The molecule has 0 N–H and O–H groups in total. The Morgan fingerprint density at radius 3 is 2.44 bits per heavy atom. The quantitative estimate of drug-likeness (QED) is 0.433. The van der Waals surface area contributed by atoms with Crippen molar-refractivity contribution in [2.24, 2.45) is 5.92 Å². The summed E-state index contributed by atoms with van der Waals surface area (Å²) in [6.07, 6.45) is 0.701. The lowest BCUT2D eigenvalue weighted by molar-refractivity contribution is -0.140. The predicted octanol–water partition coefficient (Wildman–Crippen LogP) is 3.09. The van der Waals surface area contributed by atoms with Crippen LogP contribution in [0.5, 0.6) is 0 Å². The van der Waals surface area contributed by atoms with E-state index in [0.717, 1.165) is 0 Å².